The number of benzene rings is 1. The Bertz CT molecular complexity index is 296. The van der Waals surface area contributed by atoms with Crippen LogP contribution in [0.1, 0.15) is 36.5 Å². The van der Waals surface area contributed by atoms with Crippen LogP contribution in [0.25, 0.3) is 0 Å². The van der Waals surface area contributed by atoms with E-state index in [0.717, 1.165) is 11.1 Å². The smallest absolute Gasteiger partial charge is 0.123 e. The van der Waals surface area contributed by atoms with Crippen molar-refractivity contribution in [3.63, 3.8) is 0 Å². The summed E-state index contributed by atoms with van der Waals surface area (Å²) in [5, 5.41) is 11.2. The van der Waals surface area contributed by atoms with Crippen molar-refractivity contribution in [2.75, 3.05) is 0 Å². The Labute approximate surface area is 102 Å². The number of aromatic hydroxyl groups is 1. The molecular weight excluding hydrogens is 308 g/mol. The van der Waals surface area contributed by atoms with E-state index in [1.807, 2.05) is 0 Å². The third kappa shape index (κ3) is 2.51. The van der Waals surface area contributed by atoms with Gasteiger partial charge < -0.3 is 5.11 Å². The second-order valence-corrected chi connectivity index (χ2v) is 4.73. The van der Waals surface area contributed by atoms with Crippen LogP contribution in [0, 0.1) is 0 Å². The molecule has 0 aliphatic heterocycles. The molecule has 0 radical (unpaired) electrons. The van der Waals surface area contributed by atoms with Gasteiger partial charge >= 0.3 is 0 Å². The van der Waals surface area contributed by atoms with E-state index in [1.54, 1.807) is 0 Å². The molecule has 0 saturated heterocycles. The van der Waals surface area contributed by atoms with Crippen LogP contribution in [0.2, 0.25) is 0 Å². The van der Waals surface area contributed by atoms with Gasteiger partial charge in [0.2, 0.25) is 0 Å². The molecule has 1 N–H and O–H groups in total. The maximum atomic E-state index is 9.84. The van der Waals surface area contributed by atoms with Crippen molar-refractivity contribution >= 4 is 31.9 Å². The van der Waals surface area contributed by atoms with Gasteiger partial charge in [-0.05, 0) is 11.5 Å². The Morgan fingerprint density at radius 1 is 1.14 bits per heavy atom. The van der Waals surface area contributed by atoms with Crippen molar-refractivity contribution in [1.82, 2.24) is 0 Å². The first kappa shape index (κ1) is 12.1. The van der Waals surface area contributed by atoms with E-state index in [9.17, 15) is 5.11 Å². The summed E-state index contributed by atoms with van der Waals surface area (Å²) in [5.41, 5.74) is 3.20. The van der Waals surface area contributed by atoms with Crippen LogP contribution in [-0.4, -0.2) is 5.11 Å². The molecular formula is C11H14Br2O. The predicted octanol–water partition coefficient (Wildman–Crippen LogP) is 4.31. The van der Waals surface area contributed by atoms with Crippen molar-refractivity contribution in [3.8, 4) is 5.75 Å². The molecule has 0 fully saturated rings. The summed E-state index contributed by atoms with van der Waals surface area (Å²) in [5.74, 6) is 0.898. The highest BCUT2D eigenvalue weighted by Crippen LogP contribution is 2.30. The van der Waals surface area contributed by atoms with Crippen LogP contribution in [0.15, 0.2) is 12.1 Å². The summed E-state index contributed by atoms with van der Waals surface area (Å²) in [7, 11) is 0. The van der Waals surface area contributed by atoms with Gasteiger partial charge in [0.15, 0.2) is 0 Å². The number of alkyl halides is 2. The zero-order chi connectivity index (χ0) is 10.7. The lowest BCUT2D eigenvalue weighted by Gasteiger charge is -2.12. The summed E-state index contributed by atoms with van der Waals surface area (Å²) in [6.45, 7) is 4.31. The van der Waals surface area contributed by atoms with E-state index in [0.29, 0.717) is 22.3 Å². The van der Waals surface area contributed by atoms with Gasteiger partial charge in [-0.2, -0.15) is 0 Å². The molecule has 0 atom stereocenters. The van der Waals surface area contributed by atoms with Crippen LogP contribution >= 0.6 is 31.9 Å². The largest absolute Gasteiger partial charge is 0.507 e. The molecule has 3 heteroatoms. The average molecular weight is 322 g/mol. The molecule has 0 aromatic heterocycles. The van der Waals surface area contributed by atoms with Gasteiger partial charge in [0.05, 0.1) is 0 Å². The maximum absolute atomic E-state index is 9.84. The molecule has 0 amide bonds. The van der Waals surface area contributed by atoms with Crippen LogP contribution in [0.3, 0.4) is 0 Å². The number of phenolic OH excluding ortho intramolecular Hbond substituents is 1. The second-order valence-electron chi connectivity index (χ2n) is 3.61. The Morgan fingerprint density at radius 3 is 1.86 bits per heavy atom. The molecule has 1 nitrogen and oxygen atoms in total. The van der Waals surface area contributed by atoms with Gasteiger partial charge in [0.25, 0.3) is 0 Å². The van der Waals surface area contributed by atoms with E-state index < -0.39 is 0 Å². The zero-order valence-corrected chi connectivity index (χ0v) is 11.5. The van der Waals surface area contributed by atoms with Crippen molar-refractivity contribution in [1.29, 1.82) is 0 Å². The van der Waals surface area contributed by atoms with Gasteiger partial charge in [-0.15, -0.1) is 0 Å². The SMILES string of the molecule is CC(C)c1cc(CBr)c(O)c(CBr)c1. The second kappa shape index (κ2) is 5.17. The summed E-state index contributed by atoms with van der Waals surface area (Å²) in [6.07, 6.45) is 0. The monoisotopic (exact) mass is 320 g/mol. The fourth-order valence-electron chi connectivity index (χ4n) is 1.32. The Hall–Kier alpha value is -0.0200. The highest BCUT2D eigenvalue weighted by atomic mass is 79.9. The molecule has 1 rings (SSSR count). The normalized spacial score (nSPS) is 10.9. The maximum Gasteiger partial charge on any atom is 0.123 e. The Morgan fingerprint density at radius 2 is 1.57 bits per heavy atom. The van der Waals surface area contributed by atoms with Crippen LogP contribution < -0.4 is 0 Å². The molecule has 1 aromatic carbocycles. The minimum absolute atomic E-state index is 0.406. The Kier molecular flexibility index (Phi) is 4.45. The first-order valence-electron chi connectivity index (χ1n) is 4.56. The first-order chi connectivity index (χ1) is 6.60. The number of phenols is 1. The highest BCUT2D eigenvalue weighted by molar-refractivity contribution is 9.08. The molecule has 0 unspecified atom stereocenters. The van der Waals surface area contributed by atoms with Crippen molar-refractivity contribution in [3.05, 3.63) is 28.8 Å². The molecule has 0 saturated carbocycles. The molecule has 0 heterocycles. The number of hydrogen-bond donors (Lipinski definition) is 1. The van der Waals surface area contributed by atoms with Crippen LogP contribution in [0.5, 0.6) is 5.75 Å². The van der Waals surface area contributed by atoms with Crippen molar-refractivity contribution in [2.24, 2.45) is 0 Å². The fraction of sp³-hybridized carbons (Fsp3) is 0.455. The molecule has 0 aliphatic carbocycles. The van der Waals surface area contributed by atoms with Gasteiger partial charge in [-0.25, -0.2) is 0 Å². The minimum Gasteiger partial charge on any atom is -0.507 e. The molecule has 0 spiro atoms. The van der Waals surface area contributed by atoms with Crippen LogP contribution in [-0.2, 0) is 10.7 Å². The van der Waals surface area contributed by atoms with Gasteiger partial charge in [0.1, 0.15) is 5.75 Å². The first-order valence-corrected chi connectivity index (χ1v) is 6.81. The fourth-order valence-corrected chi connectivity index (χ4v) is 2.18. The summed E-state index contributed by atoms with van der Waals surface area (Å²) in [6, 6.07) is 4.11. The van der Waals surface area contributed by atoms with E-state index in [2.05, 4.69) is 57.8 Å². The van der Waals surface area contributed by atoms with Gasteiger partial charge in [-0.1, -0.05) is 57.8 Å². The standard InChI is InChI=1S/C11H14Br2O/c1-7(2)8-3-9(5-12)11(14)10(4-8)6-13/h3-4,7,14H,5-6H2,1-2H3. The summed E-state index contributed by atoms with van der Waals surface area (Å²) in [4.78, 5) is 0. The van der Waals surface area contributed by atoms with Gasteiger partial charge in [-0.3, -0.25) is 0 Å². The average Bonchev–Trinajstić information content (AvgIpc) is 2.17. The molecule has 0 aliphatic rings. The molecule has 1 aromatic rings. The summed E-state index contributed by atoms with van der Waals surface area (Å²) >= 11 is 6.76. The van der Waals surface area contributed by atoms with E-state index in [4.69, 9.17) is 0 Å². The quantitative estimate of drug-likeness (QED) is 0.823. The number of rotatable bonds is 3. The lowest BCUT2D eigenvalue weighted by atomic mass is 9.98. The molecule has 14 heavy (non-hydrogen) atoms. The van der Waals surface area contributed by atoms with Crippen molar-refractivity contribution in [2.45, 2.75) is 30.4 Å². The lowest BCUT2D eigenvalue weighted by molar-refractivity contribution is 0.465. The number of halogens is 2. The van der Waals surface area contributed by atoms with Gasteiger partial charge in [0, 0.05) is 21.8 Å². The predicted molar refractivity (Wildman–Crippen MR) is 67.5 cm³/mol. The molecule has 78 valence electrons. The topological polar surface area (TPSA) is 20.2 Å². The summed E-state index contributed by atoms with van der Waals surface area (Å²) < 4.78 is 0. The number of hydrogen-bond acceptors (Lipinski definition) is 1. The third-order valence-corrected chi connectivity index (χ3v) is 3.45. The van der Waals surface area contributed by atoms with E-state index in [-0.39, 0.29) is 0 Å². The van der Waals surface area contributed by atoms with E-state index >= 15 is 0 Å². The van der Waals surface area contributed by atoms with Crippen LogP contribution in [0.4, 0.5) is 0 Å². The Balaban J connectivity index is 3.25. The lowest BCUT2D eigenvalue weighted by Crippen LogP contribution is -1.94. The third-order valence-electron chi connectivity index (χ3n) is 2.24. The van der Waals surface area contributed by atoms with E-state index in [1.165, 1.54) is 5.56 Å². The van der Waals surface area contributed by atoms with Crippen molar-refractivity contribution < 1.29 is 5.11 Å². The highest BCUT2D eigenvalue weighted by Gasteiger charge is 2.09. The molecule has 0 bridgehead atoms. The zero-order valence-electron chi connectivity index (χ0n) is 8.35. The minimum atomic E-state index is 0.406.